The van der Waals surface area contributed by atoms with Gasteiger partial charge in [-0.15, -0.1) is 0 Å². The van der Waals surface area contributed by atoms with E-state index in [1.807, 2.05) is 0 Å². The molecular formula is C60H42N2Si. The normalized spacial score (nSPS) is 12.7. The molecule has 3 heteroatoms. The second-order valence-corrected chi connectivity index (χ2v) is 21.6. The van der Waals surface area contributed by atoms with Crippen molar-refractivity contribution in [3.05, 3.63) is 218 Å². The van der Waals surface area contributed by atoms with Crippen molar-refractivity contribution < 1.29 is 0 Å². The van der Waals surface area contributed by atoms with Gasteiger partial charge in [-0.2, -0.15) is 0 Å². The highest BCUT2D eigenvalue weighted by molar-refractivity contribution is 7.06. The third kappa shape index (κ3) is 6.15. The van der Waals surface area contributed by atoms with Gasteiger partial charge in [-0.3, -0.25) is 0 Å². The lowest BCUT2D eigenvalue weighted by atomic mass is 9.92. The molecular weight excluding hydrogens is 777 g/mol. The van der Waals surface area contributed by atoms with Gasteiger partial charge in [0.2, 0.25) is 0 Å². The van der Waals surface area contributed by atoms with Crippen molar-refractivity contribution in [1.82, 2.24) is 9.97 Å². The van der Waals surface area contributed by atoms with Gasteiger partial charge in [-0.05, 0) is 118 Å². The minimum Gasteiger partial charge on any atom is -0.228 e. The van der Waals surface area contributed by atoms with E-state index in [4.69, 9.17) is 9.97 Å². The Hall–Kier alpha value is -7.72. The highest BCUT2D eigenvalue weighted by atomic mass is 28.3. The molecule has 0 radical (unpaired) electrons. The first-order chi connectivity index (χ1) is 31.0. The Labute approximate surface area is 368 Å². The van der Waals surface area contributed by atoms with E-state index in [2.05, 4.69) is 231 Å². The van der Waals surface area contributed by atoms with Gasteiger partial charge < -0.3 is 0 Å². The molecule has 0 unspecified atom stereocenters. The van der Waals surface area contributed by atoms with E-state index in [0.717, 1.165) is 44.9 Å². The number of hydrogen-bond acceptors (Lipinski definition) is 2. The van der Waals surface area contributed by atoms with E-state index in [0.29, 0.717) is 0 Å². The zero-order valence-electron chi connectivity index (χ0n) is 35.2. The molecule has 0 aliphatic carbocycles. The quantitative estimate of drug-likeness (QED) is 0.123. The summed E-state index contributed by atoms with van der Waals surface area (Å²) in [7, 11) is -2.41. The zero-order chi connectivity index (χ0) is 42.1. The summed E-state index contributed by atoms with van der Waals surface area (Å²) in [6.45, 7) is 5.01. The predicted molar refractivity (Wildman–Crippen MR) is 269 cm³/mol. The molecule has 0 bridgehead atoms. The molecule has 296 valence electrons. The van der Waals surface area contributed by atoms with Crippen LogP contribution in [0.15, 0.2) is 218 Å². The van der Waals surface area contributed by atoms with Crippen molar-refractivity contribution in [3.8, 4) is 78.4 Å². The fraction of sp³-hybridized carbons (Fsp3) is 0.0333. The lowest BCUT2D eigenvalue weighted by molar-refractivity contribution is 1.21. The van der Waals surface area contributed by atoms with E-state index in [1.54, 1.807) is 0 Å². The average Bonchev–Trinajstić information content (AvgIpc) is 3.60. The van der Waals surface area contributed by atoms with Gasteiger partial charge >= 0.3 is 0 Å². The molecule has 1 aliphatic heterocycles. The molecule has 1 aromatic heterocycles. The second kappa shape index (κ2) is 14.7. The predicted octanol–water partition coefficient (Wildman–Crippen LogP) is 14.7. The van der Waals surface area contributed by atoms with E-state index in [1.165, 1.54) is 76.2 Å². The number of hydrogen-bond donors (Lipinski definition) is 0. The molecule has 1 aliphatic rings. The van der Waals surface area contributed by atoms with Gasteiger partial charge in [0.15, 0.2) is 5.82 Å². The van der Waals surface area contributed by atoms with Crippen LogP contribution in [0, 0.1) is 0 Å². The van der Waals surface area contributed by atoms with Gasteiger partial charge in [0, 0.05) is 16.7 Å². The van der Waals surface area contributed by atoms with Crippen molar-refractivity contribution in [3.63, 3.8) is 0 Å². The van der Waals surface area contributed by atoms with Crippen LogP contribution in [-0.2, 0) is 0 Å². The summed E-state index contributed by atoms with van der Waals surface area (Å²) >= 11 is 0. The van der Waals surface area contributed by atoms with Crippen molar-refractivity contribution in [1.29, 1.82) is 0 Å². The Bertz CT molecular complexity index is 3530. The van der Waals surface area contributed by atoms with E-state index in [9.17, 15) is 0 Å². The maximum atomic E-state index is 5.67. The maximum absolute atomic E-state index is 5.67. The Kier molecular flexibility index (Phi) is 8.67. The van der Waals surface area contributed by atoms with Crippen molar-refractivity contribution >= 4 is 50.8 Å². The van der Waals surface area contributed by atoms with Crippen LogP contribution in [0.3, 0.4) is 0 Å². The van der Waals surface area contributed by atoms with Crippen LogP contribution >= 0.6 is 0 Å². The fourth-order valence-corrected chi connectivity index (χ4v) is 13.8. The molecule has 0 amide bonds. The number of benzene rings is 10. The molecule has 2 heterocycles. The SMILES string of the molecule is C[Si]1(C)c2c(-c3cccc(-c4cccc(-c5cc(-c6ccccc6)cc(-c6ccccc6)c5)c4)c3)nc(-c3cccc4ccccc34)nc2-c2c1c1ccccc1c1ccccc21. The molecule has 0 saturated carbocycles. The molecule has 0 N–H and O–H groups in total. The van der Waals surface area contributed by atoms with Gasteiger partial charge in [0.1, 0.15) is 8.07 Å². The third-order valence-electron chi connectivity index (χ3n) is 13.2. The molecule has 0 fully saturated rings. The molecule has 11 aromatic rings. The first kappa shape index (κ1) is 37.1. The first-order valence-corrected chi connectivity index (χ1v) is 24.8. The topological polar surface area (TPSA) is 25.8 Å². The molecule has 12 rings (SSSR count). The first-order valence-electron chi connectivity index (χ1n) is 21.8. The largest absolute Gasteiger partial charge is 0.228 e. The van der Waals surface area contributed by atoms with E-state index < -0.39 is 8.07 Å². The Balaban J connectivity index is 1.06. The molecule has 2 nitrogen and oxygen atoms in total. The van der Waals surface area contributed by atoms with Gasteiger partial charge in [0.05, 0.1) is 11.4 Å². The van der Waals surface area contributed by atoms with Gasteiger partial charge in [0.25, 0.3) is 0 Å². The molecule has 63 heavy (non-hydrogen) atoms. The molecule has 10 aromatic carbocycles. The van der Waals surface area contributed by atoms with Crippen LogP contribution in [0.1, 0.15) is 0 Å². The van der Waals surface area contributed by atoms with Crippen LogP contribution in [0.5, 0.6) is 0 Å². The minimum absolute atomic E-state index is 0.760. The lowest BCUT2D eigenvalue weighted by Gasteiger charge is -2.23. The average molecular weight is 819 g/mol. The molecule has 0 spiro atoms. The zero-order valence-corrected chi connectivity index (χ0v) is 36.2. The molecule has 0 atom stereocenters. The van der Waals surface area contributed by atoms with Crippen molar-refractivity contribution in [2.75, 3.05) is 0 Å². The maximum Gasteiger partial charge on any atom is 0.161 e. The van der Waals surface area contributed by atoms with Crippen molar-refractivity contribution in [2.45, 2.75) is 13.1 Å². The number of nitrogens with zero attached hydrogens (tertiary/aromatic N) is 2. The van der Waals surface area contributed by atoms with Crippen LogP contribution in [0.4, 0.5) is 0 Å². The van der Waals surface area contributed by atoms with E-state index >= 15 is 0 Å². The second-order valence-electron chi connectivity index (χ2n) is 17.3. The fourth-order valence-electron chi connectivity index (χ4n) is 10.3. The summed E-state index contributed by atoms with van der Waals surface area (Å²) in [5.74, 6) is 0.760. The monoisotopic (exact) mass is 818 g/mol. The highest BCUT2D eigenvalue weighted by Gasteiger charge is 2.44. The van der Waals surface area contributed by atoms with Crippen LogP contribution in [0.25, 0.3) is 111 Å². The third-order valence-corrected chi connectivity index (χ3v) is 16.7. The Morgan fingerprint density at radius 1 is 0.302 bits per heavy atom. The summed E-state index contributed by atoms with van der Waals surface area (Å²) < 4.78 is 0. The minimum atomic E-state index is -2.41. The number of rotatable bonds is 6. The van der Waals surface area contributed by atoms with Crippen LogP contribution < -0.4 is 10.4 Å². The number of fused-ring (bicyclic) bond motifs is 9. The van der Waals surface area contributed by atoms with E-state index in [-0.39, 0.29) is 0 Å². The Morgan fingerprint density at radius 3 is 1.37 bits per heavy atom. The summed E-state index contributed by atoms with van der Waals surface area (Å²) in [5, 5.41) is 10.3. The Morgan fingerprint density at radius 2 is 0.714 bits per heavy atom. The summed E-state index contributed by atoms with van der Waals surface area (Å²) in [4.78, 5) is 11.3. The van der Waals surface area contributed by atoms with Crippen molar-refractivity contribution in [2.24, 2.45) is 0 Å². The summed E-state index contributed by atoms with van der Waals surface area (Å²) in [5.41, 5.74) is 15.0. The molecule has 0 saturated heterocycles. The smallest absolute Gasteiger partial charge is 0.161 e. The van der Waals surface area contributed by atoms with Crippen LogP contribution in [-0.4, -0.2) is 18.0 Å². The van der Waals surface area contributed by atoms with Crippen LogP contribution in [0.2, 0.25) is 13.1 Å². The number of aromatic nitrogens is 2. The summed E-state index contributed by atoms with van der Waals surface area (Å²) in [6.07, 6.45) is 0. The lowest BCUT2D eigenvalue weighted by Crippen LogP contribution is -2.50. The standard InChI is InChI=1S/C60H42N2Si/c1-63(2)58-53-32-14-12-30-51(53)50-29-11-13-31-52(50)55(58)57-59(63)56(61-60(62-57)54-33-17-23-41-22-9-10-28-49(41)54)45-27-16-25-43(35-45)42-24-15-26-44(34-42)48-37-46(39-18-5-3-6-19-39)36-47(38-48)40-20-7-4-8-21-40/h3-38H,1-2H3. The van der Waals surface area contributed by atoms with Gasteiger partial charge in [-0.1, -0.05) is 201 Å². The van der Waals surface area contributed by atoms with Gasteiger partial charge in [-0.25, -0.2) is 9.97 Å². The summed E-state index contributed by atoms with van der Waals surface area (Å²) in [6, 6.07) is 79.4. The highest BCUT2D eigenvalue weighted by Crippen LogP contribution is 2.42.